The maximum Gasteiger partial charge on any atom is 0.213 e. The highest BCUT2D eigenvalue weighted by Crippen LogP contribution is 2.42. The van der Waals surface area contributed by atoms with Crippen molar-refractivity contribution in [2.45, 2.75) is 70.9 Å². The summed E-state index contributed by atoms with van der Waals surface area (Å²) in [6.07, 6.45) is 7.65. The summed E-state index contributed by atoms with van der Waals surface area (Å²) in [6.45, 7) is 10.7. The average Bonchev–Trinajstić information content (AvgIpc) is 3.10. The Morgan fingerprint density at radius 2 is 1.90 bits per heavy atom. The Morgan fingerprint density at radius 3 is 2.63 bits per heavy atom. The lowest BCUT2D eigenvalue weighted by Gasteiger charge is -2.41. The number of rotatable bonds is 9. The van der Waals surface area contributed by atoms with Gasteiger partial charge in [-0.25, -0.2) is 14.4 Å². The van der Waals surface area contributed by atoms with Gasteiger partial charge in [0.25, 0.3) is 0 Å². The van der Waals surface area contributed by atoms with Crippen molar-refractivity contribution < 1.29 is 13.9 Å². The molecule has 4 atom stereocenters. The second-order valence-corrected chi connectivity index (χ2v) is 13.9. The van der Waals surface area contributed by atoms with Crippen LogP contribution in [0.1, 0.15) is 50.8 Å². The van der Waals surface area contributed by atoms with Gasteiger partial charge >= 0.3 is 0 Å². The molecule has 0 aliphatic carbocycles. The van der Waals surface area contributed by atoms with Crippen LogP contribution in [0.3, 0.4) is 0 Å². The van der Waals surface area contributed by atoms with E-state index in [-0.39, 0.29) is 29.6 Å². The molecule has 1 aromatic carbocycles. The van der Waals surface area contributed by atoms with Crippen LogP contribution in [-0.4, -0.2) is 84.5 Å². The summed E-state index contributed by atoms with van der Waals surface area (Å²) in [7, 11) is 3.48. The molecule has 6 heterocycles. The third-order valence-electron chi connectivity index (χ3n) is 10.1. The Bertz CT molecular complexity index is 1860. The van der Waals surface area contributed by atoms with E-state index in [1.165, 1.54) is 6.07 Å². The van der Waals surface area contributed by atoms with Crippen LogP contribution in [0.4, 0.5) is 21.6 Å². The van der Waals surface area contributed by atoms with Gasteiger partial charge in [-0.2, -0.15) is 0 Å². The predicted molar refractivity (Wildman–Crippen MR) is 192 cm³/mol. The summed E-state index contributed by atoms with van der Waals surface area (Å²) in [6, 6.07) is 10.0. The number of halogens is 1. The first-order chi connectivity index (χ1) is 23.7. The van der Waals surface area contributed by atoms with E-state index in [0.29, 0.717) is 66.6 Å². The van der Waals surface area contributed by atoms with Gasteiger partial charge < -0.3 is 34.5 Å². The number of anilines is 3. The molecule has 3 aliphatic rings. The van der Waals surface area contributed by atoms with Gasteiger partial charge in [0.1, 0.15) is 18.1 Å². The fourth-order valence-electron chi connectivity index (χ4n) is 7.82. The number of aromatic nitrogens is 3. The number of nitrogens with zero attached hydrogens (tertiary/aromatic N) is 6. The zero-order valence-electron chi connectivity index (χ0n) is 29.1. The Morgan fingerprint density at radius 1 is 1.08 bits per heavy atom. The topological polar surface area (TPSA) is 100 Å². The second kappa shape index (κ2) is 13.8. The number of nitrogens with one attached hydrogen (secondary N) is 2. The van der Waals surface area contributed by atoms with Gasteiger partial charge in [0.15, 0.2) is 17.0 Å². The minimum absolute atomic E-state index is 0.0234. The highest BCUT2D eigenvalue weighted by molar-refractivity contribution is 5.92. The van der Waals surface area contributed by atoms with Crippen molar-refractivity contribution in [3.63, 3.8) is 0 Å². The molecule has 7 rings (SSSR count). The Kier molecular flexibility index (Phi) is 9.34. The standard InChI is InChI=1S/C37H47FN8O3/c1-23-16-45(17-24(2)42-23)35-31(38)14-30-34-37(35)49-22-25(3)46(34)20-27(36(30)47)19-44(18-26-10-11-40-33(13-26)48-5)29-7-6-12-43(21-29)28-8-9-32(39-4)41-15-28/h8-11,13-15,20,23-25,29,42H,6-7,12,16-19,21-22H2,1-5H3,(H,39,41). The Hall–Kier alpha value is -4.42. The molecule has 2 fully saturated rings. The maximum absolute atomic E-state index is 16.2. The molecule has 0 radical (unpaired) electrons. The molecule has 0 bridgehead atoms. The first-order valence-corrected chi connectivity index (χ1v) is 17.4. The molecule has 2 saturated heterocycles. The number of piperazine rings is 1. The van der Waals surface area contributed by atoms with Crippen molar-refractivity contribution in [2.75, 3.05) is 62.1 Å². The zero-order chi connectivity index (χ0) is 34.2. The van der Waals surface area contributed by atoms with Gasteiger partial charge in [0, 0.05) is 88.5 Å². The number of methoxy groups -OCH3 is 1. The Labute approximate surface area is 287 Å². The Balaban J connectivity index is 1.27. The first-order valence-electron chi connectivity index (χ1n) is 17.4. The van der Waals surface area contributed by atoms with Crippen molar-refractivity contribution in [2.24, 2.45) is 0 Å². The lowest BCUT2D eigenvalue weighted by molar-refractivity contribution is 0.157. The average molecular weight is 671 g/mol. The number of piperidine rings is 1. The molecule has 260 valence electrons. The van der Waals surface area contributed by atoms with E-state index in [4.69, 9.17) is 9.47 Å². The van der Waals surface area contributed by atoms with E-state index in [1.807, 2.05) is 37.6 Å². The van der Waals surface area contributed by atoms with Gasteiger partial charge in [-0.15, -0.1) is 0 Å². The van der Waals surface area contributed by atoms with E-state index in [0.717, 1.165) is 43.0 Å². The van der Waals surface area contributed by atoms with E-state index in [9.17, 15) is 4.79 Å². The third-order valence-corrected chi connectivity index (χ3v) is 10.1. The fourth-order valence-corrected chi connectivity index (χ4v) is 7.82. The number of benzene rings is 1. The highest BCUT2D eigenvalue weighted by atomic mass is 19.1. The minimum Gasteiger partial charge on any atom is -0.487 e. The second-order valence-electron chi connectivity index (χ2n) is 13.9. The van der Waals surface area contributed by atoms with Crippen LogP contribution >= 0.6 is 0 Å². The van der Waals surface area contributed by atoms with Crippen LogP contribution in [-0.2, 0) is 13.1 Å². The lowest BCUT2D eigenvalue weighted by Crippen LogP contribution is -2.54. The monoisotopic (exact) mass is 670 g/mol. The maximum atomic E-state index is 16.2. The zero-order valence-corrected chi connectivity index (χ0v) is 29.1. The lowest BCUT2D eigenvalue weighted by atomic mass is 10.0. The summed E-state index contributed by atoms with van der Waals surface area (Å²) >= 11 is 0. The molecule has 0 saturated carbocycles. The predicted octanol–water partition coefficient (Wildman–Crippen LogP) is 4.79. The molecule has 11 nitrogen and oxygen atoms in total. The third kappa shape index (κ3) is 6.63. The number of hydrogen-bond acceptors (Lipinski definition) is 10. The van der Waals surface area contributed by atoms with E-state index < -0.39 is 5.82 Å². The molecular weight excluding hydrogens is 623 g/mol. The van der Waals surface area contributed by atoms with Crippen molar-refractivity contribution in [3.05, 3.63) is 76.1 Å². The SMILES string of the molecule is CNc1ccc(N2CCCC(N(Cc3ccnc(OC)c3)Cc3cn4c5c(c(N6CC(C)NC(C)C6)c(F)cc5c3=O)OCC4C)C2)cn1. The van der Waals surface area contributed by atoms with Crippen LogP contribution in [0, 0.1) is 5.82 Å². The molecule has 3 aromatic heterocycles. The molecule has 0 spiro atoms. The van der Waals surface area contributed by atoms with Crippen LogP contribution in [0.5, 0.6) is 11.6 Å². The summed E-state index contributed by atoms with van der Waals surface area (Å²) in [5.41, 5.74) is 3.73. The van der Waals surface area contributed by atoms with Crippen molar-refractivity contribution >= 4 is 28.1 Å². The number of pyridine rings is 3. The number of hydrogen-bond donors (Lipinski definition) is 2. The molecular formula is C37H47FN8O3. The van der Waals surface area contributed by atoms with E-state index in [1.54, 1.807) is 13.3 Å². The molecule has 49 heavy (non-hydrogen) atoms. The molecule has 3 aliphatic heterocycles. The van der Waals surface area contributed by atoms with Crippen molar-refractivity contribution in [1.82, 2.24) is 24.8 Å². The molecule has 12 heteroatoms. The molecule has 0 amide bonds. The molecule has 4 unspecified atom stereocenters. The van der Waals surface area contributed by atoms with Gasteiger partial charge in [-0.1, -0.05) is 0 Å². The fraction of sp³-hybridized carbons (Fsp3) is 0.486. The first kappa shape index (κ1) is 33.1. The summed E-state index contributed by atoms with van der Waals surface area (Å²) in [4.78, 5) is 30.1. The van der Waals surface area contributed by atoms with Gasteiger partial charge in [0.2, 0.25) is 5.88 Å². The van der Waals surface area contributed by atoms with Gasteiger partial charge in [0.05, 0.1) is 35.9 Å². The summed E-state index contributed by atoms with van der Waals surface area (Å²) in [5, 5.41) is 6.98. The van der Waals surface area contributed by atoms with Crippen LogP contribution in [0.25, 0.3) is 10.9 Å². The van der Waals surface area contributed by atoms with Gasteiger partial charge in [-0.3, -0.25) is 9.69 Å². The largest absolute Gasteiger partial charge is 0.487 e. The smallest absolute Gasteiger partial charge is 0.213 e. The normalized spacial score (nSPS) is 22.3. The summed E-state index contributed by atoms with van der Waals surface area (Å²) in [5.74, 6) is 1.43. The van der Waals surface area contributed by atoms with E-state index >= 15 is 4.39 Å². The quantitative estimate of drug-likeness (QED) is 0.259. The van der Waals surface area contributed by atoms with Crippen LogP contribution < -0.4 is 35.3 Å². The van der Waals surface area contributed by atoms with Crippen molar-refractivity contribution in [3.8, 4) is 11.6 Å². The van der Waals surface area contributed by atoms with E-state index in [2.05, 4.69) is 66.7 Å². The van der Waals surface area contributed by atoms with Crippen molar-refractivity contribution in [1.29, 1.82) is 0 Å². The number of ether oxygens (including phenoxy) is 2. The molecule has 4 aromatic rings. The van der Waals surface area contributed by atoms with Crippen LogP contribution in [0.2, 0.25) is 0 Å². The highest BCUT2D eigenvalue weighted by Gasteiger charge is 2.33. The van der Waals surface area contributed by atoms with Gasteiger partial charge in [-0.05, 0) is 63.4 Å². The summed E-state index contributed by atoms with van der Waals surface area (Å²) < 4.78 is 30.1. The minimum atomic E-state index is -0.416. The van der Waals surface area contributed by atoms with Crippen LogP contribution in [0.15, 0.2) is 53.7 Å². The molecule has 2 N–H and O–H groups in total.